The summed E-state index contributed by atoms with van der Waals surface area (Å²) in [6.07, 6.45) is 4.34. The molecule has 1 aromatic heterocycles. The molecule has 1 saturated carbocycles. The van der Waals surface area contributed by atoms with Gasteiger partial charge in [0, 0.05) is 17.8 Å². The maximum absolute atomic E-state index is 5.37. The van der Waals surface area contributed by atoms with Crippen LogP contribution in [-0.2, 0) is 6.54 Å². The minimum absolute atomic E-state index is 0.665. The number of hydrogen-bond acceptors (Lipinski definition) is 4. The summed E-state index contributed by atoms with van der Waals surface area (Å²) in [6, 6.07) is 10.5. The van der Waals surface area contributed by atoms with E-state index in [0.29, 0.717) is 6.04 Å². The quantitative estimate of drug-likeness (QED) is 0.891. The first-order chi connectivity index (χ1) is 9.36. The monoisotopic (exact) mass is 255 g/mol. The summed E-state index contributed by atoms with van der Waals surface area (Å²) < 4.78 is 5.37. The lowest BCUT2D eigenvalue weighted by Crippen LogP contribution is -2.17. The lowest BCUT2D eigenvalue weighted by Gasteiger charge is -2.08. The van der Waals surface area contributed by atoms with E-state index in [-0.39, 0.29) is 0 Å². The van der Waals surface area contributed by atoms with Crippen molar-refractivity contribution in [2.24, 2.45) is 0 Å². The molecule has 0 saturated heterocycles. The third-order valence-electron chi connectivity index (χ3n) is 3.21. The number of methoxy groups -OCH3 is 1. The van der Waals surface area contributed by atoms with Crippen molar-refractivity contribution in [3.63, 3.8) is 0 Å². The summed E-state index contributed by atoms with van der Waals surface area (Å²) >= 11 is 0. The molecule has 0 bridgehead atoms. The Morgan fingerprint density at radius 2 is 2.11 bits per heavy atom. The van der Waals surface area contributed by atoms with Gasteiger partial charge in [0.05, 0.1) is 19.3 Å². The van der Waals surface area contributed by atoms with Crippen LogP contribution in [0.1, 0.15) is 18.7 Å². The Bertz CT molecular complexity index is 567. The van der Waals surface area contributed by atoms with Gasteiger partial charge in [0.1, 0.15) is 11.6 Å². The highest BCUT2D eigenvalue weighted by Crippen LogP contribution is 2.27. The standard InChI is InChI=1S/C15H17N3O/c1-19-14-5-3-2-4-12(14)13-8-9-16-15(18-13)10-17-11-6-7-11/h2-5,8-9,11,17H,6-7,10H2,1H3. The predicted molar refractivity (Wildman–Crippen MR) is 73.9 cm³/mol. The number of nitrogens with zero attached hydrogens (tertiary/aromatic N) is 2. The largest absolute Gasteiger partial charge is 0.496 e. The number of aromatic nitrogens is 2. The van der Waals surface area contributed by atoms with Gasteiger partial charge < -0.3 is 10.1 Å². The Kier molecular flexibility index (Phi) is 3.42. The third kappa shape index (κ3) is 2.90. The van der Waals surface area contributed by atoms with Gasteiger partial charge in [-0.25, -0.2) is 9.97 Å². The molecule has 2 aromatic rings. The SMILES string of the molecule is COc1ccccc1-c1ccnc(CNC2CC2)n1. The van der Waals surface area contributed by atoms with E-state index in [2.05, 4.69) is 15.3 Å². The Hall–Kier alpha value is -1.94. The molecule has 0 aliphatic heterocycles. The van der Waals surface area contributed by atoms with Gasteiger partial charge in [0.25, 0.3) is 0 Å². The molecule has 0 unspecified atom stereocenters. The van der Waals surface area contributed by atoms with Crippen LogP contribution in [0.2, 0.25) is 0 Å². The summed E-state index contributed by atoms with van der Waals surface area (Å²) in [5, 5.41) is 3.42. The Balaban J connectivity index is 1.84. The molecule has 3 rings (SSSR count). The average Bonchev–Trinajstić information content (AvgIpc) is 3.29. The first-order valence-electron chi connectivity index (χ1n) is 6.55. The van der Waals surface area contributed by atoms with E-state index >= 15 is 0 Å². The van der Waals surface area contributed by atoms with E-state index < -0.39 is 0 Å². The topological polar surface area (TPSA) is 47.0 Å². The highest BCUT2D eigenvalue weighted by molar-refractivity contribution is 5.66. The highest BCUT2D eigenvalue weighted by Gasteiger charge is 2.20. The van der Waals surface area contributed by atoms with E-state index in [4.69, 9.17) is 4.74 Å². The van der Waals surface area contributed by atoms with Crippen molar-refractivity contribution in [2.45, 2.75) is 25.4 Å². The lowest BCUT2D eigenvalue weighted by molar-refractivity contribution is 0.416. The Morgan fingerprint density at radius 1 is 1.26 bits per heavy atom. The van der Waals surface area contributed by atoms with E-state index in [1.807, 2.05) is 30.3 Å². The van der Waals surface area contributed by atoms with Crippen LogP contribution in [0.25, 0.3) is 11.3 Å². The van der Waals surface area contributed by atoms with Gasteiger partial charge in [-0.3, -0.25) is 0 Å². The first kappa shape index (κ1) is 12.1. The molecule has 4 nitrogen and oxygen atoms in total. The molecule has 0 atom stereocenters. The highest BCUT2D eigenvalue weighted by atomic mass is 16.5. The van der Waals surface area contributed by atoms with Crippen molar-refractivity contribution >= 4 is 0 Å². The molecular weight excluding hydrogens is 238 g/mol. The molecule has 1 heterocycles. The van der Waals surface area contributed by atoms with E-state index in [1.165, 1.54) is 12.8 Å². The zero-order valence-corrected chi connectivity index (χ0v) is 11.0. The van der Waals surface area contributed by atoms with Gasteiger partial charge in [-0.1, -0.05) is 12.1 Å². The Labute approximate surface area is 112 Å². The molecule has 1 fully saturated rings. The van der Waals surface area contributed by atoms with Gasteiger partial charge in [0.2, 0.25) is 0 Å². The van der Waals surface area contributed by atoms with Crippen LogP contribution in [0.3, 0.4) is 0 Å². The van der Waals surface area contributed by atoms with Gasteiger partial charge >= 0.3 is 0 Å². The fourth-order valence-electron chi connectivity index (χ4n) is 2.01. The smallest absolute Gasteiger partial charge is 0.142 e. The molecule has 4 heteroatoms. The van der Waals surface area contributed by atoms with Crippen molar-refractivity contribution in [1.82, 2.24) is 15.3 Å². The fraction of sp³-hybridized carbons (Fsp3) is 0.333. The van der Waals surface area contributed by atoms with Crippen molar-refractivity contribution in [3.05, 3.63) is 42.4 Å². The van der Waals surface area contributed by atoms with E-state index in [1.54, 1.807) is 13.3 Å². The van der Waals surface area contributed by atoms with Crippen LogP contribution in [-0.4, -0.2) is 23.1 Å². The number of nitrogens with one attached hydrogen (secondary N) is 1. The molecule has 1 aliphatic carbocycles. The number of rotatable bonds is 5. The summed E-state index contributed by atoms with van der Waals surface area (Å²) in [6.45, 7) is 0.730. The van der Waals surface area contributed by atoms with Crippen molar-refractivity contribution < 1.29 is 4.74 Å². The second kappa shape index (κ2) is 5.36. The second-order valence-corrected chi connectivity index (χ2v) is 4.71. The van der Waals surface area contributed by atoms with E-state index in [9.17, 15) is 0 Å². The fourth-order valence-corrected chi connectivity index (χ4v) is 2.01. The van der Waals surface area contributed by atoms with Crippen molar-refractivity contribution in [1.29, 1.82) is 0 Å². The predicted octanol–water partition coefficient (Wildman–Crippen LogP) is 2.40. The molecular formula is C15H17N3O. The number of para-hydroxylation sites is 1. The molecule has 1 aromatic carbocycles. The van der Waals surface area contributed by atoms with E-state index in [0.717, 1.165) is 29.4 Å². The second-order valence-electron chi connectivity index (χ2n) is 4.71. The molecule has 0 radical (unpaired) electrons. The minimum Gasteiger partial charge on any atom is -0.496 e. The first-order valence-corrected chi connectivity index (χ1v) is 6.55. The molecule has 1 N–H and O–H groups in total. The van der Waals surface area contributed by atoms with Crippen LogP contribution in [0.15, 0.2) is 36.5 Å². The number of ether oxygens (including phenoxy) is 1. The van der Waals surface area contributed by atoms with Crippen molar-refractivity contribution in [2.75, 3.05) is 7.11 Å². The number of hydrogen-bond donors (Lipinski definition) is 1. The minimum atomic E-state index is 0.665. The van der Waals surface area contributed by atoms with Crippen LogP contribution in [0.4, 0.5) is 0 Å². The van der Waals surface area contributed by atoms with Gasteiger partial charge in [-0.2, -0.15) is 0 Å². The maximum atomic E-state index is 5.37. The zero-order valence-electron chi connectivity index (χ0n) is 11.0. The molecule has 98 valence electrons. The van der Waals surface area contributed by atoms with Gasteiger partial charge in [0.15, 0.2) is 0 Å². The third-order valence-corrected chi connectivity index (χ3v) is 3.21. The molecule has 0 spiro atoms. The Morgan fingerprint density at radius 3 is 2.89 bits per heavy atom. The number of benzene rings is 1. The lowest BCUT2D eigenvalue weighted by atomic mass is 10.1. The average molecular weight is 255 g/mol. The van der Waals surface area contributed by atoms with Crippen LogP contribution in [0, 0.1) is 0 Å². The summed E-state index contributed by atoms with van der Waals surface area (Å²) in [5.41, 5.74) is 1.90. The maximum Gasteiger partial charge on any atom is 0.142 e. The summed E-state index contributed by atoms with van der Waals surface area (Å²) in [4.78, 5) is 8.90. The summed E-state index contributed by atoms with van der Waals surface area (Å²) in [7, 11) is 1.68. The molecule has 0 amide bonds. The van der Waals surface area contributed by atoms with Gasteiger partial charge in [-0.05, 0) is 31.0 Å². The van der Waals surface area contributed by atoms with Crippen LogP contribution in [0.5, 0.6) is 5.75 Å². The van der Waals surface area contributed by atoms with Gasteiger partial charge in [-0.15, -0.1) is 0 Å². The zero-order chi connectivity index (χ0) is 13.1. The summed E-state index contributed by atoms with van der Waals surface area (Å²) in [5.74, 6) is 1.66. The normalized spacial score (nSPS) is 14.4. The molecule has 1 aliphatic rings. The van der Waals surface area contributed by atoms with Crippen molar-refractivity contribution in [3.8, 4) is 17.0 Å². The van der Waals surface area contributed by atoms with Crippen LogP contribution >= 0.6 is 0 Å². The molecule has 19 heavy (non-hydrogen) atoms. The van der Waals surface area contributed by atoms with Crippen LogP contribution < -0.4 is 10.1 Å².